The molecule has 3 aromatic heterocycles. The highest BCUT2D eigenvalue weighted by Crippen LogP contribution is 2.41. The maximum atomic E-state index is 12.0. The van der Waals surface area contributed by atoms with Crippen molar-refractivity contribution in [3.8, 4) is 11.3 Å². The molecule has 0 aliphatic heterocycles. The van der Waals surface area contributed by atoms with Crippen molar-refractivity contribution < 1.29 is 4.79 Å². The minimum Gasteiger partial charge on any atom is -0.349 e. The summed E-state index contributed by atoms with van der Waals surface area (Å²) in [6, 6.07) is 9.85. The molecule has 122 valence electrons. The second-order valence-corrected chi connectivity index (χ2v) is 6.87. The SMILES string of the molecule is O=C(NCCn1nc(-c2ccncc2)cc1C1CC1)c1cccs1. The molecule has 0 saturated heterocycles. The number of rotatable bonds is 6. The summed E-state index contributed by atoms with van der Waals surface area (Å²) in [5.74, 6) is 0.598. The first-order valence-electron chi connectivity index (χ1n) is 8.11. The van der Waals surface area contributed by atoms with E-state index < -0.39 is 0 Å². The summed E-state index contributed by atoms with van der Waals surface area (Å²) in [6.45, 7) is 1.27. The van der Waals surface area contributed by atoms with Crippen molar-refractivity contribution in [3.63, 3.8) is 0 Å². The molecule has 5 nitrogen and oxygen atoms in total. The van der Waals surface area contributed by atoms with Crippen molar-refractivity contribution >= 4 is 17.2 Å². The van der Waals surface area contributed by atoms with Gasteiger partial charge in [0, 0.05) is 36.1 Å². The number of aromatic nitrogens is 3. The Morgan fingerprint density at radius 2 is 2.12 bits per heavy atom. The van der Waals surface area contributed by atoms with Crippen LogP contribution in [0.4, 0.5) is 0 Å². The Hall–Kier alpha value is -2.47. The van der Waals surface area contributed by atoms with E-state index in [0.717, 1.165) is 16.1 Å². The molecule has 1 saturated carbocycles. The van der Waals surface area contributed by atoms with Gasteiger partial charge < -0.3 is 5.32 Å². The number of carbonyl (C=O) groups is 1. The van der Waals surface area contributed by atoms with Gasteiger partial charge in [0.1, 0.15) is 0 Å². The highest BCUT2D eigenvalue weighted by atomic mass is 32.1. The van der Waals surface area contributed by atoms with Crippen LogP contribution in [0.15, 0.2) is 48.1 Å². The summed E-state index contributed by atoms with van der Waals surface area (Å²) in [7, 11) is 0. The highest BCUT2D eigenvalue weighted by Gasteiger charge is 2.28. The zero-order chi connectivity index (χ0) is 16.4. The molecule has 0 spiro atoms. The number of pyridine rings is 1. The molecule has 3 heterocycles. The number of nitrogens with zero attached hydrogens (tertiary/aromatic N) is 3. The van der Waals surface area contributed by atoms with Crippen molar-refractivity contribution in [3.05, 3.63) is 58.7 Å². The second-order valence-electron chi connectivity index (χ2n) is 5.92. The highest BCUT2D eigenvalue weighted by molar-refractivity contribution is 7.12. The van der Waals surface area contributed by atoms with Crippen LogP contribution in [0.5, 0.6) is 0 Å². The Labute approximate surface area is 144 Å². The summed E-state index contributed by atoms with van der Waals surface area (Å²) in [4.78, 5) is 16.8. The molecule has 0 unspecified atom stereocenters. The molecule has 1 aliphatic carbocycles. The van der Waals surface area contributed by atoms with Gasteiger partial charge in [-0.15, -0.1) is 11.3 Å². The van der Waals surface area contributed by atoms with Crippen LogP contribution < -0.4 is 5.32 Å². The van der Waals surface area contributed by atoms with Crippen molar-refractivity contribution in [1.82, 2.24) is 20.1 Å². The Balaban J connectivity index is 1.46. The van der Waals surface area contributed by atoms with Gasteiger partial charge >= 0.3 is 0 Å². The summed E-state index contributed by atoms with van der Waals surface area (Å²) in [6.07, 6.45) is 6.02. The third-order valence-corrected chi connectivity index (χ3v) is 5.01. The lowest BCUT2D eigenvalue weighted by Gasteiger charge is -2.07. The molecule has 3 aromatic rings. The van der Waals surface area contributed by atoms with Gasteiger partial charge in [-0.25, -0.2) is 0 Å². The van der Waals surface area contributed by atoms with Gasteiger partial charge in [0.05, 0.1) is 17.1 Å². The van der Waals surface area contributed by atoms with Gasteiger partial charge in [0.15, 0.2) is 0 Å². The smallest absolute Gasteiger partial charge is 0.261 e. The zero-order valence-electron chi connectivity index (χ0n) is 13.2. The first-order valence-corrected chi connectivity index (χ1v) is 8.99. The molecule has 1 N–H and O–H groups in total. The van der Waals surface area contributed by atoms with Crippen molar-refractivity contribution in [2.24, 2.45) is 0 Å². The van der Waals surface area contributed by atoms with Gasteiger partial charge in [-0.05, 0) is 42.5 Å². The number of nitrogens with one attached hydrogen (secondary N) is 1. The van der Waals surface area contributed by atoms with Crippen LogP contribution in [-0.4, -0.2) is 27.2 Å². The third-order valence-electron chi connectivity index (χ3n) is 4.14. The van der Waals surface area contributed by atoms with Gasteiger partial charge in [-0.2, -0.15) is 5.10 Å². The number of carbonyl (C=O) groups excluding carboxylic acids is 1. The van der Waals surface area contributed by atoms with Gasteiger partial charge in [0.2, 0.25) is 0 Å². The van der Waals surface area contributed by atoms with E-state index in [1.54, 1.807) is 12.4 Å². The molecule has 0 aromatic carbocycles. The lowest BCUT2D eigenvalue weighted by molar-refractivity contribution is 0.0956. The number of hydrogen-bond donors (Lipinski definition) is 1. The Morgan fingerprint density at radius 3 is 2.83 bits per heavy atom. The summed E-state index contributed by atoms with van der Waals surface area (Å²) < 4.78 is 2.04. The minimum absolute atomic E-state index is 0.0144. The van der Waals surface area contributed by atoms with Crippen LogP contribution in [-0.2, 0) is 6.54 Å². The van der Waals surface area contributed by atoms with E-state index in [0.29, 0.717) is 19.0 Å². The third kappa shape index (κ3) is 3.23. The van der Waals surface area contributed by atoms with Crippen LogP contribution in [0.1, 0.15) is 34.1 Å². The Kier molecular flexibility index (Phi) is 4.13. The largest absolute Gasteiger partial charge is 0.349 e. The van der Waals surface area contributed by atoms with E-state index in [4.69, 9.17) is 5.10 Å². The van der Waals surface area contributed by atoms with Gasteiger partial charge in [-0.1, -0.05) is 6.07 Å². The number of amides is 1. The molecular formula is C18H18N4OS. The fraction of sp³-hybridized carbons (Fsp3) is 0.278. The summed E-state index contributed by atoms with van der Waals surface area (Å²) in [5.41, 5.74) is 3.32. The molecule has 6 heteroatoms. The normalized spacial score (nSPS) is 13.8. The second kappa shape index (κ2) is 6.57. The maximum absolute atomic E-state index is 12.0. The van der Waals surface area contributed by atoms with E-state index in [-0.39, 0.29) is 5.91 Å². The topological polar surface area (TPSA) is 59.8 Å². The van der Waals surface area contributed by atoms with Crippen LogP contribution in [0.25, 0.3) is 11.3 Å². The minimum atomic E-state index is -0.0144. The van der Waals surface area contributed by atoms with Crippen molar-refractivity contribution in [2.75, 3.05) is 6.54 Å². The molecule has 0 bridgehead atoms. The van der Waals surface area contributed by atoms with E-state index >= 15 is 0 Å². The molecule has 1 amide bonds. The first kappa shape index (κ1) is 15.1. The van der Waals surface area contributed by atoms with E-state index in [1.165, 1.54) is 29.9 Å². The molecule has 1 aliphatic rings. The fourth-order valence-corrected chi connectivity index (χ4v) is 3.39. The Morgan fingerprint density at radius 1 is 1.29 bits per heavy atom. The maximum Gasteiger partial charge on any atom is 0.261 e. The molecule has 0 radical (unpaired) electrons. The number of hydrogen-bond acceptors (Lipinski definition) is 4. The molecule has 4 rings (SSSR count). The van der Waals surface area contributed by atoms with Crippen LogP contribution in [0.3, 0.4) is 0 Å². The average molecular weight is 338 g/mol. The standard InChI is InChI=1S/C18H18N4OS/c23-18(17-2-1-11-24-17)20-9-10-22-16(14-3-4-14)12-15(21-22)13-5-7-19-8-6-13/h1-2,5-8,11-12,14H,3-4,9-10H2,(H,20,23). The predicted octanol–water partition coefficient (Wildman–Crippen LogP) is 3.31. The quantitative estimate of drug-likeness (QED) is 0.750. The lowest BCUT2D eigenvalue weighted by atomic mass is 10.2. The molecule has 24 heavy (non-hydrogen) atoms. The fourth-order valence-electron chi connectivity index (χ4n) is 2.75. The van der Waals surface area contributed by atoms with E-state index in [9.17, 15) is 4.79 Å². The Bertz CT molecular complexity index is 822. The average Bonchev–Trinajstić information content (AvgIpc) is 3.14. The van der Waals surface area contributed by atoms with Crippen LogP contribution in [0.2, 0.25) is 0 Å². The summed E-state index contributed by atoms with van der Waals surface area (Å²) >= 11 is 1.46. The molecule has 1 fully saturated rings. The van der Waals surface area contributed by atoms with Crippen molar-refractivity contribution in [1.29, 1.82) is 0 Å². The summed E-state index contributed by atoms with van der Waals surface area (Å²) in [5, 5.41) is 9.62. The van der Waals surface area contributed by atoms with Gasteiger partial charge in [0.25, 0.3) is 5.91 Å². The molecular weight excluding hydrogens is 320 g/mol. The van der Waals surface area contributed by atoms with Crippen molar-refractivity contribution in [2.45, 2.75) is 25.3 Å². The van der Waals surface area contributed by atoms with Crippen LogP contribution >= 0.6 is 11.3 Å². The lowest BCUT2D eigenvalue weighted by Crippen LogP contribution is -2.27. The predicted molar refractivity (Wildman–Crippen MR) is 94.1 cm³/mol. The van der Waals surface area contributed by atoms with E-state index in [1.807, 2.05) is 34.3 Å². The first-order chi connectivity index (χ1) is 11.8. The molecule has 0 atom stereocenters. The van der Waals surface area contributed by atoms with Crippen LogP contribution in [0, 0.1) is 0 Å². The van der Waals surface area contributed by atoms with Gasteiger partial charge in [-0.3, -0.25) is 14.5 Å². The number of thiophene rings is 1. The van der Waals surface area contributed by atoms with E-state index in [2.05, 4.69) is 16.4 Å². The zero-order valence-corrected chi connectivity index (χ0v) is 14.0. The monoisotopic (exact) mass is 338 g/mol.